The molecule has 3 aromatic rings. The summed E-state index contributed by atoms with van der Waals surface area (Å²) in [5.41, 5.74) is 3.64. The lowest BCUT2D eigenvalue weighted by atomic mass is 9.83. The molecule has 0 radical (unpaired) electrons. The molecule has 2 atom stereocenters. The summed E-state index contributed by atoms with van der Waals surface area (Å²) >= 11 is 0. The van der Waals surface area contributed by atoms with Crippen LogP contribution >= 0.6 is 0 Å². The van der Waals surface area contributed by atoms with E-state index in [1.165, 1.54) is 5.56 Å². The third-order valence-corrected chi connectivity index (χ3v) is 7.51. The minimum absolute atomic E-state index is 0.260. The number of aliphatic hydroxyl groups excluding tert-OH is 2. The Morgan fingerprint density at radius 3 is 2.81 bits per heavy atom. The highest BCUT2D eigenvalue weighted by atomic mass is 16.5. The third kappa shape index (κ3) is 4.74. The van der Waals surface area contributed by atoms with Gasteiger partial charge in [-0.2, -0.15) is 0 Å². The zero-order valence-electron chi connectivity index (χ0n) is 20.8. The zero-order chi connectivity index (χ0) is 25.1. The Bertz CT molecular complexity index is 1200. The number of nitrogens with one attached hydrogen (secondary N) is 1. The number of benzene rings is 2. The first kappa shape index (κ1) is 24.8. The summed E-state index contributed by atoms with van der Waals surface area (Å²) in [5.74, 6) is 0.560. The fourth-order valence-electron chi connectivity index (χ4n) is 5.78. The molecule has 192 valence electrons. The van der Waals surface area contributed by atoms with E-state index in [0.717, 1.165) is 61.4 Å². The molecule has 2 unspecified atom stereocenters. The van der Waals surface area contributed by atoms with Crippen molar-refractivity contribution in [3.63, 3.8) is 0 Å². The van der Waals surface area contributed by atoms with Crippen molar-refractivity contribution < 1.29 is 24.5 Å². The summed E-state index contributed by atoms with van der Waals surface area (Å²) in [7, 11) is 0. The van der Waals surface area contributed by atoms with Gasteiger partial charge in [0.15, 0.2) is 0 Å². The maximum Gasteiger partial charge on any atom is 0.338 e. The van der Waals surface area contributed by atoms with Crippen molar-refractivity contribution in [3.05, 3.63) is 65.4 Å². The average molecular weight is 494 g/mol. The summed E-state index contributed by atoms with van der Waals surface area (Å²) < 4.78 is 11.2. The quantitative estimate of drug-likeness (QED) is 0.394. The molecule has 2 aromatic carbocycles. The van der Waals surface area contributed by atoms with E-state index < -0.39 is 6.10 Å². The molecule has 8 heteroatoms. The Hall–Kier alpha value is -2.91. The van der Waals surface area contributed by atoms with Gasteiger partial charge in [0.1, 0.15) is 12.4 Å². The molecule has 0 amide bonds. The minimum atomic E-state index is -0.793. The van der Waals surface area contributed by atoms with E-state index in [1.807, 2.05) is 55.5 Å². The molecule has 8 nitrogen and oxygen atoms in total. The van der Waals surface area contributed by atoms with Crippen molar-refractivity contribution in [2.24, 2.45) is 0 Å². The van der Waals surface area contributed by atoms with Crippen LogP contribution in [0, 0.1) is 0 Å². The maximum absolute atomic E-state index is 12.4. The topological polar surface area (TPSA) is 98.3 Å². The number of aliphatic hydroxyl groups is 2. The fraction of sp³-hybridized carbons (Fsp3) is 0.464. The number of hydrogen-bond donors (Lipinski definition) is 3. The Balaban J connectivity index is 1.42. The second-order valence-corrected chi connectivity index (χ2v) is 9.71. The molecular weight excluding hydrogens is 458 g/mol. The number of ether oxygens (including phenoxy) is 2. The molecule has 0 aliphatic carbocycles. The van der Waals surface area contributed by atoms with Gasteiger partial charge in [0.05, 0.1) is 30.4 Å². The number of hydrogen-bond acceptors (Lipinski definition) is 7. The number of para-hydroxylation sites is 1. The minimum Gasteiger partial charge on any atom is -0.492 e. The summed E-state index contributed by atoms with van der Waals surface area (Å²) in [5, 5.41) is 20.9. The number of carbonyl (C=O) groups excluding carboxylic acids is 1. The molecule has 2 aliphatic rings. The Morgan fingerprint density at radius 2 is 2.03 bits per heavy atom. The van der Waals surface area contributed by atoms with Crippen LogP contribution in [0.2, 0.25) is 0 Å². The number of β-amino-alcohol motifs (C(OH)–C–C–N with tert-alkyl or cyclic N) is 1. The van der Waals surface area contributed by atoms with E-state index >= 15 is 0 Å². The number of esters is 1. The molecule has 1 aromatic heterocycles. The van der Waals surface area contributed by atoms with Gasteiger partial charge in [-0.15, -0.1) is 0 Å². The van der Waals surface area contributed by atoms with Crippen LogP contribution in [0.3, 0.4) is 0 Å². The van der Waals surface area contributed by atoms with Crippen molar-refractivity contribution in [1.29, 1.82) is 0 Å². The van der Waals surface area contributed by atoms with Crippen LogP contribution in [0.4, 0.5) is 0 Å². The molecule has 1 saturated heterocycles. The van der Waals surface area contributed by atoms with Gasteiger partial charge in [-0.3, -0.25) is 9.80 Å². The summed E-state index contributed by atoms with van der Waals surface area (Å²) in [6.45, 7) is 6.19. The molecule has 0 saturated carbocycles. The normalized spacial score (nSPS) is 21.1. The summed E-state index contributed by atoms with van der Waals surface area (Å²) in [4.78, 5) is 20.8. The zero-order valence-corrected chi connectivity index (χ0v) is 20.8. The standard InChI is InChI=1S/C28H35N3O5/c1-2-35-27(34)20-8-9-25-24(16-20)23-10-12-31(17-21(33)18-32)28(26(23)29-25)11-13-30(19-28)14-15-36-22-6-4-3-5-7-22/h3-9,16,21,29,32-33H,2,10-15,17-19H2,1H3. The van der Waals surface area contributed by atoms with Gasteiger partial charge in [-0.25, -0.2) is 4.79 Å². The monoisotopic (exact) mass is 493 g/mol. The molecule has 5 rings (SSSR count). The van der Waals surface area contributed by atoms with Crippen LogP contribution in [-0.2, 0) is 16.7 Å². The number of aromatic nitrogens is 1. The predicted octanol–water partition coefficient (Wildman–Crippen LogP) is 2.54. The first-order chi connectivity index (χ1) is 17.5. The number of H-pyrrole nitrogens is 1. The molecule has 36 heavy (non-hydrogen) atoms. The molecule has 3 N–H and O–H groups in total. The van der Waals surface area contributed by atoms with Crippen LogP contribution in [0.25, 0.3) is 10.9 Å². The molecule has 1 spiro atoms. The average Bonchev–Trinajstić information content (AvgIpc) is 3.49. The van der Waals surface area contributed by atoms with Crippen molar-refractivity contribution in [2.45, 2.75) is 31.4 Å². The predicted molar refractivity (Wildman–Crippen MR) is 137 cm³/mol. The highest BCUT2D eigenvalue weighted by Gasteiger charge is 2.49. The first-order valence-corrected chi connectivity index (χ1v) is 12.8. The lowest BCUT2D eigenvalue weighted by Gasteiger charge is -2.45. The SMILES string of the molecule is CCOC(=O)c1ccc2[nH]c3c(c2c1)CCN(CC(O)CO)C31CCN(CCOc2ccccc2)C1. The molecular formula is C28H35N3O5. The van der Waals surface area contributed by atoms with Crippen molar-refractivity contribution in [2.75, 3.05) is 52.5 Å². The first-order valence-electron chi connectivity index (χ1n) is 12.8. The lowest BCUT2D eigenvalue weighted by molar-refractivity contribution is 0.00301. The van der Waals surface area contributed by atoms with E-state index in [9.17, 15) is 15.0 Å². The van der Waals surface area contributed by atoms with E-state index in [-0.39, 0.29) is 18.1 Å². The Labute approximate surface area is 211 Å². The number of nitrogens with zero attached hydrogens (tertiary/aromatic N) is 2. The van der Waals surface area contributed by atoms with Crippen LogP contribution in [0.5, 0.6) is 5.75 Å². The molecule has 2 aliphatic heterocycles. The summed E-state index contributed by atoms with van der Waals surface area (Å²) in [6, 6.07) is 15.6. The molecule has 3 heterocycles. The number of likely N-dealkylation sites (tertiary alicyclic amines) is 1. The van der Waals surface area contributed by atoms with Crippen LogP contribution in [0.1, 0.15) is 35.0 Å². The van der Waals surface area contributed by atoms with Crippen LogP contribution in [0.15, 0.2) is 48.5 Å². The van der Waals surface area contributed by atoms with Crippen molar-refractivity contribution in [1.82, 2.24) is 14.8 Å². The van der Waals surface area contributed by atoms with Crippen LogP contribution in [-0.4, -0.2) is 89.6 Å². The Kier molecular flexibility index (Phi) is 7.29. The van der Waals surface area contributed by atoms with Gasteiger partial charge in [0.25, 0.3) is 0 Å². The lowest BCUT2D eigenvalue weighted by Crippen LogP contribution is -2.55. The van der Waals surface area contributed by atoms with Crippen molar-refractivity contribution >= 4 is 16.9 Å². The number of rotatable bonds is 9. The largest absolute Gasteiger partial charge is 0.492 e. The molecule has 1 fully saturated rings. The fourth-order valence-corrected chi connectivity index (χ4v) is 5.78. The van der Waals surface area contributed by atoms with E-state index in [1.54, 1.807) is 0 Å². The number of fused-ring (bicyclic) bond motifs is 4. The van der Waals surface area contributed by atoms with E-state index in [2.05, 4.69) is 14.8 Å². The van der Waals surface area contributed by atoms with Gasteiger partial charge in [0.2, 0.25) is 0 Å². The maximum atomic E-state index is 12.4. The van der Waals surface area contributed by atoms with Gasteiger partial charge in [-0.1, -0.05) is 18.2 Å². The van der Waals surface area contributed by atoms with E-state index in [4.69, 9.17) is 9.47 Å². The van der Waals surface area contributed by atoms with Crippen molar-refractivity contribution in [3.8, 4) is 5.75 Å². The second kappa shape index (κ2) is 10.6. The third-order valence-electron chi connectivity index (χ3n) is 7.51. The summed E-state index contributed by atoms with van der Waals surface area (Å²) in [6.07, 6.45) is 0.915. The van der Waals surface area contributed by atoms with Gasteiger partial charge in [-0.05, 0) is 55.7 Å². The number of carbonyl (C=O) groups is 1. The number of aromatic amines is 1. The second-order valence-electron chi connectivity index (χ2n) is 9.71. The highest BCUT2D eigenvalue weighted by Crippen LogP contribution is 2.44. The van der Waals surface area contributed by atoms with Gasteiger partial charge >= 0.3 is 5.97 Å². The van der Waals surface area contributed by atoms with Crippen LogP contribution < -0.4 is 4.74 Å². The Morgan fingerprint density at radius 1 is 1.19 bits per heavy atom. The van der Waals surface area contributed by atoms with Gasteiger partial charge in [0, 0.05) is 49.3 Å². The molecule has 0 bridgehead atoms. The smallest absolute Gasteiger partial charge is 0.338 e. The van der Waals surface area contributed by atoms with Gasteiger partial charge < -0.3 is 24.7 Å². The highest BCUT2D eigenvalue weighted by molar-refractivity contribution is 5.96. The van der Waals surface area contributed by atoms with E-state index in [0.29, 0.717) is 25.3 Å².